The van der Waals surface area contributed by atoms with E-state index in [1.807, 2.05) is 60.8 Å². The summed E-state index contributed by atoms with van der Waals surface area (Å²) in [6.07, 6.45) is 3.42. The number of pyridine rings is 1. The minimum absolute atomic E-state index is 0.171. The summed E-state index contributed by atoms with van der Waals surface area (Å²) in [5.74, 6) is 0.984. The van der Waals surface area contributed by atoms with Crippen LogP contribution in [0.1, 0.15) is 15.9 Å². The molecule has 2 aromatic heterocycles. The Labute approximate surface area is 150 Å². The summed E-state index contributed by atoms with van der Waals surface area (Å²) in [4.78, 5) is 19.7. The third-order valence-corrected chi connectivity index (χ3v) is 4.04. The van der Waals surface area contributed by atoms with E-state index in [1.54, 1.807) is 12.1 Å². The molecule has 0 radical (unpaired) electrons. The highest BCUT2D eigenvalue weighted by molar-refractivity contribution is 5.93. The minimum Gasteiger partial charge on any atom is -0.439 e. The highest BCUT2D eigenvalue weighted by Gasteiger charge is 2.07. The Kier molecular flexibility index (Phi) is 4.35. The zero-order valence-electron chi connectivity index (χ0n) is 14.0. The quantitative estimate of drug-likeness (QED) is 0.568. The Balaban J connectivity index is 1.38. The van der Waals surface area contributed by atoms with Crippen molar-refractivity contribution < 1.29 is 9.53 Å². The monoisotopic (exact) mass is 343 g/mol. The number of carbonyl (C=O) groups excluding carboxylic acids is 1. The maximum atomic E-state index is 12.3. The summed E-state index contributed by atoms with van der Waals surface area (Å²) in [6, 6.07) is 20.9. The fourth-order valence-corrected chi connectivity index (χ4v) is 2.67. The number of hydrogen-bond donors (Lipinski definition) is 2. The first kappa shape index (κ1) is 15.9. The molecule has 0 atom stereocenters. The topological polar surface area (TPSA) is 67.0 Å². The number of hydrogen-bond acceptors (Lipinski definition) is 3. The predicted molar refractivity (Wildman–Crippen MR) is 100 cm³/mol. The van der Waals surface area contributed by atoms with Crippen molar-refractivity contribution in [2.24, 2.45) is 0 Å². The number of aromatic nitrogens is 2. The van der Waals surface area contributed by atoms with E-state index in [0.717, 1.165) is 16.5 Å². The summed E-state index contributed by atoms with van der Waals surface area (Å²) in [5, 5.41) is 4.06. The Bertz CT molecular complexity index is 1020. The molecule has 0 bridgehead atoms. The number of H-pyrrole nitrogens is 1. The van der Waals surface area contributed by atoms with Gasteiger partial charge in [0.2, 0.25) is 5.88 Å². The number of benzene rings is 2. The van der Waals surface area contributed by atoms with Gasteiger partial charge in [-0.05, 0) is 41.3 Å². The zero-order valence-corrected chi connectivity index (χ0v) is 14.0. The Morgan fingerprint density at radius 1 is 1.04 bits per heavy atom. The smallest absolute Gasteiger partial charge is 0.253 e. The molecule has 5 nitrogen and oxygen atoms in total. The van der Waals surface area contributed by atoms with Gasteiger partial charge in [0.05, 0.1) is 5.56 Å². The van der Waals surface area contributed by atoms with Crippen LogP contribution in [-0.4, -0.2) is 15.9 Å². The Morgan fingerprint density at radius 2 is 1.92 bits per heavy atom. The van der Waals surface area contributed by atoms with Crippen LogP contribution in [0, 0.1) is 0 Å². The van der Waals surface area contributed by atoms with Crippen molar-refractivity contribution in [3.8, 4) is 11.6 Å². The minimum atomic E-state index is -0.171. The molecule has 0 spiro atoms. The lowest BCUT2D eigenvalue weighted by atomic mass is 10.1. The molecule has 0 unspecified atom stereocenters. The molecule has 128 valence electrons. The Hall–Kier alpha value is -3.60. The van der Waals surface area contributed by atoms with Crippen LogP contribution in [-0.2, 0) is 6.54 Å². The molecule has 2 heterocycles. The fourth-order valence-electron chi connectivity index (χ4n) is 2.67. The highest BCUT2D eigenvalue weighted by Crippen LogP contribution is 2.18. The largest absolute Gasteiger partial charge is 0.439 e. The van der Waals surface area contributed by atoms with E-state index in [1.165, 1.54) is 6.20 Å². The lowest BCUT2D eigenvalue weighted by molar-refractivity contribution is 0.0950. The average Bonchev–Trinajstić information content (AvgIpc) is 3.15. The molecule has 26 heavy (non-hydrogen) atoms. The SMILES string of the molecule is O=C(NCc1ccc2cc[nH]c2c1)c1ccc(Oc2ccccc2)nc1. The van der Waals surface area contributed by atoms with Gasteiger partial charge in [0.1, 0.15) is 5.75 Å². The maximum absolute atomic E-state index is 12.3. The summed E-state index contributed by atoms with van der Waals surface area (Å²) >= 11 is 0. The van der Waals surface area contributed by atoms with Crippen molar-refractivity contribution in [1.29, 1.82) is 0 Å². The molecule has 1 amide bonds. The van der Waals surface area contributed by atoms with Crippen LogP contribution >= 0.6 is 0 Å². The van der Waals surface area contributed by atoms with Crippen LogP contribution < -0.4 is 10.1 Å². The molecular weight excluding hydrogens is 326 g/mol. The molecule has 5 heteroatoms. The molecule has 0 saturated heterocycles. The average molecular weight is 343 g/mol. The summed E-state index contributed by atoms with van der Waals surface area (Å²) in [6.45, 7) is 0.454. The van der Waals surface area contributed by atoms with E-state index >= 15 is 0 Å². The standard InChI is InChI=1S/C21H17N3O2/c25-21(24-13-15-6-7-16-10-11-22-19(16)12-15)17-8-9-20(23-14-17)26-18-4-2-1-3-5-18/h1-12,14,22H,13H2,(H,24,25). The number of para-hydroxylation sites is 1. The van der Waals surface area contributed by atoms with Crippen LogP contribution in [0.2, 0.25) is 0 Å². The van der Waals surface area contributed by atoms with Gasteiger partial charge < -0.3 is 15.0 Å². The van der Waals surface area contributed by atoms with E-state index in [2.05, 4.69) is 15.3 Å². The van der Waals surface area contributed by atoms with Gasteiger partial charge >= 0.3 is 0 Å². The van der Waals surface area contributed by atoms with Gasteiger partial charge in [-0.15, -0.1) is 0 Å². The van der Waals surface area contributed by atoms with Gasteiger partial charge in [-0.1, -0.05) is 30.3 Å². The third kappa shape index (κ3) is 3.57. The Morgan fingerprint density at radius 3 is 2.73 bits per heavy atom. The number of nitrogens with zero attached hydrogens (tertiary/aromatic N) is 1. The van der Waals surface area contributed by atoms with Crippen LogP contribution in [0.5, 0.6) is 11.6 Å². The van der Waals surface area contributed by atoms with E-state index in [0.29, 0.717) is 23.7 Å². The number of amides is 1. The van der Waals surface area contributed by atoms with Crippen molar-refractivity contribution in [2.75, 3.05) is 0 Å². The number of nitrogens with one attached hydrogen (secondary N) is 2. The van der Waals surface area contributed by atoms with Crippen LogP contribution in [0.4, 0.5) is 0 Å². The van der Waals surface area contributed by atoms with Crippen LogP contribution in [0.25, 0.3) is 10.9 Å². The van der Waals surface area contributed by atoms with Crippen molar-refractivity contribution >= 4 is 16.8 Å². The third-order valence-electron chi connectivity index (χ3n) is 4.04. The van der Waals surface area contributed by atoms with Crippen LogP contribution in [0.3, 0.4) is 0 Å². The number of aromatic amines is 1. The zero-order chi connectivity index (χ0) is 17.8. The van der Waals surface area contributed by atoms with Gasteiger partial charge in [0.25, 0.3) is 5.91 Å². The van der Waals surface area contributed by atoms with Gasteiger partial charge in [0, 0.05) is 30.5 Å². The molecule has 0 saturated carbocycles. The number of carbonyl (C=O) groups is 1. The van der Waals surface area contributed by atoms with E-state index in [-0.39, 0.29) is 5.91 Å². The number of ether oxygens (including phenoxy) is 1. The van der Waals surface area contributed by atoms with Crippen molar-refractivity contribution in [3.05, 3.63) is 90.3 Å². The van der Waals surface area contributed by atoms with Gasteiger partial charge in [-0.2, -0.15) is 0 Å². The van der Waals surface area contributed by atoms with Crippen LogP contribution in [0.15, 0.2) is 79.1 Å². The second-order valence-corrected chi connectivity index (χ2v) is 5.88. The first-order chi connectivity index (χ1) is 12.8. The number of fused-ring (bicyclic) bond motifs is 1. The van der Waals surface area contributed by atoms with Crippen molar-refractivity contribution in [2.45, 2.75) is 6.54 Å². The molecular formula is C21H17N3O2. The molecule has 2 aromatic carbocycles. The van der Waals surface area contributed by atoms with E-state index in [4.69, 9.17) is 4.74 Å². The van der Waals surface area contributed by atoms with E-state index < -0.39 is 0 Å². The molecule has 4 aromatic rings. The number of rotatable bonds is 5. The summed E-state index contributed by atoms with van der Waals surface area (Å²) in [7, 11) is 0. The second kappa shape index (κ2) is 7.11. The molecule has 4 rings (SSSR count). The van der Waals surface area contributed by atoms with Gasteiger partial charge in [-0.25, -0.2) is 4.98 Å². The first-order valence-corrected chi connectivity index (χ1v) is 8.31. The van der Waals surface area contributed by atoms with E-state index in [9.17, 15) is 4.79 Å². The van der Waals surface area contributed by atoms with Gasteiger partial charge in [0.15, 0.2) is 0 Å². The summed E-state index contributed by atoms with van der Waals surface area (Å²) < 4.78 is 5.63. The summed E-state index contributed by atoms with van der Waals surface area (Å²) in [5.41, 5.74) is 2.58. The predicted octanol–water partition coefficient (Wildman–Crippen LogP) is 4.29. The lowest BCUT2D eigenvalue weighted by Gasteiger charge is -2.07. The molecule has 2 N–H and O–H groups in total. The molecule has 0 fully saturated rings. The molecule has 0 aliphatic carbocycles. The second-order valence-electron chi connectivity index (χ2n) is 5.88. The first-order valence-electron chi connectivity index (χ1n) is 8.31. The van der Waals surface area contributed by atoms with Crippen molar-refractivity contribution in [1.82, 2.24) is 15.3 Å². The highest BCUT2D eigenvalue weighted by atomic mass is 16.5. The molecule has 0 aliphatic heterocycles. The maximum Gasteiger partial charge on any atom is 0.253 e. The van der Waals surface area contributed by atoms with Gasteiger partial charge in [-0.3, -0.25) is 4.79 Å². The fraction of sp³-hybridized carbons (Fsp3) is 0.0476. The molecule has 0 aliphatic rings. The lowest BCUT2D eigenvalue weighted by Crippen LogP contribution is -2.22. The van der Waals surface area contributed by atoms with Crippen molar-refractivity contribution in [3.63, 3.8) is 0 Å². The normalized spacial score (nSPS) is 10.6.